The van der Waals surface area contributed by atoms with Crippen molar-refractivity contribution in [3.8, 4) is 0 Å². The molecule has 0 saturated heterocycles. The molecule has 1 rings (SSSR count). The number of hydrogen-bond acceptors (Lipinski definition) is 2. The quantitative estimate of drug-likeness (QED) is 0.735. The van der Waals surface area contributed by atoms with Crippen LogP contribution >= 0.6 is 0 Å². The van der Waals surface area contributed by atoms with Gasteiger partial charge < -0.3 is 4.74 Å². The van der Waals surface area contributed by atoms with E-state index in [0.29, 0.717) is 0 Å². The Kier molecular flexibility index (Phi) is 4.17. The summed E-state index contributed by atoms with van der Waals surface area (Å²) in [4.78, 5) is 12.4. The monoisotopic (exact) mass is 226 g/mol. The summed E-state index contributed by atoms with van der Waals surface area (Å²) < 4.78 is 5.61. The molecule has 0 bridgehead atoms. The van der Waals surface area contributed by atoms with Crippen molar-refractivity contribution >= 4 is 5.78 Å². The topological polar surface area (TPSA) is 26.3 Å². The summed E-state index contributed by atoms with van der Waals surface area (Å²) in [7, 11) is 1.69. The second-order valence-electron chi connectivity index (χ2n) is 6.13. The van der Waals surface area contributed by atoms with Gasteiger partial charge in [-0.15, -0.1) is 0 Å². The van der Waals surface area contributed by atoms with Crippen molar-refractivity contribution < 1.29 is 9.53 Å². The van der Waals surface area contributed by atoms with Crippen molar-refractivity contribution in [1.29, 1.82) is 0 Å². The number of methoxy groups -OCH3 is 1. The number of rotatable bonds is 3. The van der Waals surface area contributed by atoms with E-state index in [1.807, 2.05) is 20.8 Å². The van der Waals surface area contributed by atoms with E-state index in [1.165, 1.54) is 6.42 Å². The minimum atomic E-state index is -0.496. The lowest BCUT2D eigenvalue weighted by Crippen LogP contribution is -2.49. The van der Waals surface area contributed by atoms with E-state index in [9.17, 15) is 4.79 Å². The van der Waals surface area contributed by atoms with Gasteiger partial charge >= 0.3 is 0 Å². The molecule has 1 aliphatic carbocycles. The molecule has 0 spiro atoms. The first kappa shape index (κ1) is 13.7. The van der Waals surface area contributed by atoms with Gasteiger partial charge in [0, 0.05) is 12.5 Å². The normalized spacial score (nSPS) is 31.4. The van der Waals surface area contributed by atoms with Crippen molar-refractivity contribution in [2.75, 3.05) is 7.11 Å². The Morgan fingerprint density at radius 3 is 2.12 bits per heavy atom. The van der Waals surface area contributed by atoms with E-state index in [2.05, 4.69) is 6.92 Å². The second-order valence-corrected chi connectivity index (χ2v) is 6.13. The van der Waals surface area contributed by atoms with Crippen molar-refractivity contribution in [2.45, 2.75) is 65.4 Å². The first-order valence-electron chi connectivity index (χ1n) is 6.46. The largest absolute Gasteiger partial charge is 0.370 e. The minimum Gasteiger partial charge on any atom is -0.370 e. The summed E-state index contributed by atoms with van der Waals surface area (Å²) in [5.74, 6) is 1.06. The molecular formula is C14H26O2. The number of carbonyl (C=O) groups excluding carboxylic acids is 1. The number of ether oxygens (including phenoxy) is 1. The van der Waals surface area contributed by atoms with E-state index in [4.69, 9.17) is 4.74 Å². The highest BCUT2D eigenvalue weighted by Gasteiger charge is 2.45. The van der Waals surface area contributed by atoms with Crippen LogP contribution in [0.1, 0.15) is 59.8 Å². The van der Waals surface area contributed by atoms with Crippen LogP contribution in [0, 0.1) is 11.3 Å². The highest BCUT2D eigenvalue weighted by atomic mass is 16.5. The predicted molar refractivity (Wildman–Crippen MR) is 66.5 cm³/mol. The number of hydrogen-bond donors (Lipinski definition) is 0. The fourth-order valence-corrected chi connectivity index (χ4v) is 2.76. The Labute approximate surface area is 99.8 Å². The summed E-state index contributed by atoms with van der Waals surface area (Å²) in [6.45, 7) is 8.20. The van der Waals surface area contributed by atoms with E-state index in [0.717, 1.165) is 31.6 Å². The molecule has 2 heteroatoms. The van der Waals surface area contributed by atoms with Gasteiger partial charge in [-0.1, -0.05) is 34.1 Å². The Morgan fingerprint density at radius 2 is 1.81 bits per heavy atom. The lowest BCUT2D eigenvalue weighted by atomic mass is 9.70. The average molecular weight is 226 g/mol. The van der Waals surface area contributed by atoms with Crippen LogP contribution in [0.25, 0.3) is 0 Å². The molecule has 16 heavy (non-hydrogen) atoms. The minimum absolute atomic E-state index is 0.275. The van der Waals surface area contributed by atoms with E-state index >= 15 is 0 Å². The molecule has 2 nitrogen and oxygen atoms in total. The molecule has 0 aromatic heterocycles. The summed E-state index contributed by atoms with van der Waals surface area (Å²) >= 11 is 0. The Balaban J connectivity index is 2.77. The third kappa shape index (κ3) is 2.65. The standard InChI is InChI=1S/C14H26O2/c1-6-11-7-9-14(16-5,10-8-11)12(15)13(2,3)4/h11H,6-10H2,1-5H3/t11-,14-. The molecule has 94 valence electrons. The molecule has 1 fully saturated rings. The lowest BCUT2D eigenvalue weighted by Gasteiger charge is -2.41. The maximum Gasteiger partial charge on any atom is 0.169 e. The van der Waals surface area contributed by atoms with E-state index in [1.54, 1.807) is 7.11 Å². The molecule has 0 N–H and O–H groups in total. The van der Waals surface area contributed by atoms with Crippen LogP contribution in [0.4, 0.5) is 0 Å². The van der Waals surface area contributed by atoms with Crippen molar-refractivity contribution in [1.82, 2.24) is 0 Å². The third-order valence-electron chi connectivity index (χ3n) is 3.98. The van der Waals surface area contributed by atoms with Gasteiger partial charge in [0.2, 0.25) is 0 Å². The van der Waals surface area contributed by atoms with Crippen molar-refractivity contribution in [2.24, 2.45) is 11.3 Å². The highest BCUT2D eigenvalue weighted by Crippen LogP contribution is 2.40. The molecule has 0 heterocycles. The zero-order chi connectivity index (χ0) is 12.4. The van der Waals surface area contributed by atoms with Crippen LogP contribution in [0.2, 0.25) is 0 Å². The number of carbonyl (C=O) groups is 1. The summed E-state index contributed by atoms with van der Waals surface area (Å²) in [6, 6.07) is 0. The van der Waals surface area contributed by atoms with Crippen LogP contribution in [-0.2, 0) is 9.53 Å². The highest BCUT2D eigenvalue weighted by molar-refractivity contribution is 5.91. The van der Waals surface area contributed by atoms with Gasteiger partial charge in [-0.3, -0.25) is 4.79 Å². The molecule has 0 unspecified atom stereocenters. The molecule has 0 radical (unpaired) electrons. The van der Waals surface area contributed by atoms with Gasteiger partial charge in [0.25, 0.3) is 0 Å². The summed E-state index contributed by atoms with van der Waals surface area (Å²) in [6.07, 6.45) is 5.29. The molecule has 0 atom stereocenters. The van der Waals surface area contributed by atoms with Gasteiger partial charge in [0.1, 0.15) is 5.60 Å². The lowest BCUT2D eigenvalue weighted by molar-refractivity contribution is -0.154. The zero-order valence-corrected chi connectivity index (χ0v) is 11.4. The fourth-order valence-electron chi connectivity index (χ4n) is 2.76. The van der Waals surface area contributed by atoms with Gasteiger partial charge in [0.15, 0.2) is 5.78 Å². The first-order valence-corrected chi connectivity index (χ1v) is 6.46. The molecule has 0 aliphatic heterocycles. The predicted octanol–water partition coefficient (Wildman–Crippen LogP) is 3.59. The van der Waals surface area contributed by atoms with Crippen LogP contribution < -0.4 is 0 Å². The van der Waals surface area contributed by atoms with Gasteiger partial charge in [-0.2, -0.15) is 0 Å². The number of Topliss-reactive ketones (excluding diaryl/α,β-unsaturated/α-hetero) is 1. The van der Waals surface area contributed by atoms with Crippen molar-refractivity contribution in [3.05, 3.63) is 0 Å². The SMILES string of the molecule is CC[C@H]1CC[C@@](OC)(C(=O)C(C)(C)C)CC1. The van der Waals surface area contributed by atoms with Gasteiger partial charge in [0.05, 0.1) is 0 Å². The summed E-state index contributed by atoms with van der Waals surface area (Å²) in [5, 5.41) is 0. The summed E-state index contributed by atoms with van der Waals surface area (Å²) in [5.41, 5.74) is -0.793. The molecule has 0 amide bonds. The van der Waals surface area contributed by atoms with Crippen LogP contribution in [0.3, 0.4) is 0 Å². The first-order chi connectivity index (χ1) is 7.35. The molecule has 1 saturated carbocycles. The van der Waals surface area contributed by atoms with Crippen LogP contribution in [0.5, 0.6) is 0 Å². The van der Waals surface area contributed by atoms with Gasteiger partial charge in [-0.05, 0) is 31.6 Å². The fraction of sp³-hybridized carbons (Fsp3) is 0.929. The van der Waals surface area contributed by atoms with Crippen molar-refractivity contribution in [3.63, 3.8) is 0 Å². The Bertz CT molecular complexity index is 242. The van der Waals surface area contributed by atoms with E-state index < -0.39 is 5.60 Å². The maximum atomic E-state index is 12.4. The van der Waals surface area contributed by atoms with Crippen LogP contribution in [0.15, 0.2) is 0 Å². The number of ketones is 1. The van der Waals surface area contributed by atoms with Crippen LogP contribution in [-0.4, -0.2) is 18.5 Å². The molecule has 0 aromatic carbocycles. The second kappa shape index (κ2) is 4.87. The van der Waals surface area contributed by atoms with E-state index in [-0.39, 0.29) is 11.2 Å². The molecular weight excluding hydrogens is 200 g/mol. The molecule has 1 aliphatic rings. The Morgan fingerprint density at radius 1 is 1.31 bits per heavy atom. The maximum absolute atomic E-state index is 12.4. The van der Waals surface area contributed by atoms with Gasteiger partial charge in [-0.25, -0.2) is 0 Å². The Hall–Kier alpha value is -0.370. The zero-order valence-electron chi connectivity index (χ0n) is 11.4. The third-order valence-corrected chi connectivity index (χ3v) is 3.98. The molecule has 0 aromatic rings. The smallest absolute Gasteiger partial charge is 0.169 e. The average Bonchev–Trinajstić information content (AvgIpc) is 2.27.